The number of halogens is 1. The zero-order valence-corrected chi connectivity index (χ0v) is 14.8. The standard InChI is InChI=1S/C18H23ClN4O/c1-14(10-17-13-20-7-8-21-17)23(2)9-6-18(24)22-12-15-4-3-5-16(19)11-15/h3-5,7-8,11,13-14H,6,9-10,12H2,1-2H3,(H,22,24). The Bertz CT molecular complexity index is 650. The Balaban J connectivity index is 1.70. The van der Waals surface area contributed by atoms with Crippen molar-refractivity contribution in [1.29, 1.82) is 0 Å². The Morgan fingerprint density at radius 3 is 2.92 bits per heavy atom. The fourth-order valence-corrected chi connectivity index (χ4v) is 2.54. The van der Waals surface area contributed by atoms with Gasteiger partial charge in [-0.3, -0.25) is 14.8 Å². The molecule has 1 N–H and O–H groups in total. The van der Waals surface area contributed by atoms with Crippen LogP contribution in [0.4, 0.5) is 0 Å². The van der Waals surface area contributed by atoms with Gasteiger partial charge in [-0.25, -0.2) is 0 Å². The van der Waals surface area contributed by atoms with Crippen molar-refractivity contribution in [3.8, 4) is 0 Å². The summed E-state index contributed by atoms with van der Waals surface area (Å²) in [5.74, 6) is 0.0357. The van der Waals surface area contributed by atoms with E-state index in [4.69, 9.17) is 11.6 Å². The second kappa shape index (κ2) is 9.35. The number of rotatable bonds is 8. The van der Waals surface area contributed by atoms with Crippen molar-refractivity contribution in [3.05, 3.63) is 59.1 Å². The van der Waals surface area contributed by atoms with Crippen LogP contribution < -0.4 is 5.32 Å². The number of amides is 1. The smallest absolute Gasteiger partial charge is 0.221 e. The molecule has 1 aromatic carbocycles. The zero-order chi connectivity index (χ0) is 17.4. The van der Waals surface area contributed by atoms with Gasteiger partial charge < -0.3 is 10.2 Å². The lowest BCUT2D eigenvalue weighted by Gasteiger charge is -2.24. The molecule has 5 nitrogen and oxygen atoms in total. The van der Waals surface area contributed by atoms with Crippen molar-refractivity contribution in [2.24, 2.45) is 0 Å². The molecule has 1 aromatic heterocycles. The SMILES string of the molecule is CC(Cc1cnccn1)N(C)CCC(=O)NCc1cccc(Cl)c1. The normalized spacial score (nSPS) is 12.2. The zero-order valence-electron chi connectivity index (χ0n) is 14.1. The van der Waals surface area contributed by atoms with Crippen LogP contribution in [0.5, 0.6) is 0 Å². The van der Waals surface area contributed by atoms with Crippen molar-refractivity contribution in [1.82, 2.24) is 20.2 Å². The number of carbonyl (C=O) groups excluding carboxylic acids is 1. The van der Waals surface area contributed by atoms with E-state index < -0.39 is 0 Å². The van der Waals surface area contributed by atoms with Crippen LogP contribution in [0.3, 0.4) is 0 Å². The lowest BCUT2D eigenvalue weighted by molar-refractivity contribution is -0.121. The van der Waals surface area contributed by atoms with Crippen LogP contribution in [0.15, 0.2) is 42.9 Å². The van der Waals surface area contributed by atoms with Gasteiger partial charge in [0.15, 0.2) is 0 Å². The van der Waals surface area contributed by atoms with Crippen LogP contribution in [-0.4, -0.2) is 40.4 Å². The fraction of sp³-hybridized carbons (Fsp3) is 0.389. The summed E-state index contributed by atoms with van der Waals surface area (Å²) < 4.78 is 0. The summed E-state index contributed by atoms with van der Waals surface area (Å²) in [5.41, 5.74) is 1.96. The van der Waals surface area contributed by atoms with Crippen LogP contribution in [-0.2, 0) is 17.8 Å². The molecule has 1 amide bonds. The predicted molar refractivity (Wildman–Crippen MR) is 95.7 cm³/mol. The molecule has 0 aliphatic carbocycles. The Kier molecular flexibility index (Phi) is 7.15. The van der Waals surface area contributed by atoms with Crippen LogP contribution in [0.25, 0.3) is 0 Å². The van der Waals surface area contributed by atoms with Gasteiger partial charge in [-0.2, -0.15) is 0 Å². The summed E-state index contributed by atoms with van der Waals surface area (Å²) in [6, 6.07) is 7.80. The molecule has 2 aromatic rings. The number of likely N-dealkylation sites (N-methyl/N-ethyl adjacent to an activating group) is 1. The van der Waals surface area contributed by atoms with Gasteiger partial charge >= 0.3 is 0 Å². The summed E-state index contributed by atoms with van der Waals surface area (Å²) in [7, 11) is 2.02. The summed E-state index contributed by atoms with van der Waals surface area (Å²) in [4.78, 5) is 22.5. The lowest BCUT2D eigenvalue weighted by Crippen LogP contribution is -2.35. The quantitative estimate of drug-likeness (QED) is 0.798. The first-order chi connectivity index (χ1) is 11.5. The van der Waals surface area contributed by atoms with E-state index in [1.165, 1.54) is 0 Å². The van der Waals surface area contributed by atoms with Gasteiger partial charge in [0, 0.05) is 55.6 Å². The molecule has 0 saturated heterocycles. The Labute approximate surface area is 148 Å². The summed E-state index contributed by atoms with van der Waals surface area (Å²) >= 11 is 5.94. The molecular formula is C18H23ClN4O. The largest absolute Gasteiger partial charge is 0.352 e. The van der Waals surface area contributed by atoms with E-state index in [0.717, 1.165) is 17.7 Å². The van der Waals surface area contributed by atoms with Gasteiger partial charge in [0.2, 0.25) is 5.91 Å². The highest BCUT2D eigenvalue weighted by molar-refractivity contribution is 6.30. The molecule has 0 radical (unpaired) electrons. The molecule has 128 valence electrons. The third-order valence-corrected chi connectivity index (χ3v) is 4.18. The second-order valence-electron chi connectivity index (χ2n) is 5.89. The van der Waals surface area contributed by atoms with Gasteiger partial charge in [-0.05, 0) is 31.7 Å². The monoisotopic (exact) mass is 346 g/mol. The topological polar surface area (TPSA) is 58.1 Å². The molecule has 0 aliphatic rings. The van der Waals surface area contributed by atoms with E-state index in [1.807, 2.05) is 31.3 Å². The maximum Gasteiger partial charge on any atom is 0.221 e. The first-order valence-corrected chi connectivity index (χ1v) is 8.38. The number of hydrogen-bond donors (Lipinski definition) is 1. The van der Waals surface area contributed by atoms with Gasteiger partial charge in [0.1, 0.15) is 0 Å². The lowest BCUT2D eigenvalue weighted by atomic mass is 10.1. The first kappa shape index (κ1) is 18.4. The van der Waals surface area contributed by atoms with Crippen LogP contribution in [0, 0.1) is 0 Å². The van der Waals surface area contributed by atoms with Crippen molar-refractivity contribution in [2.75, 3.05) is 13.6 Å². The maximum absolute atomic E-state index is 12.0. The van der Waals surface area contributed by atoms with E-state index >= 15 is 0 Å². The first-order valence-electron chi connectivity index (χ1n) is 8.01. The van der Waals surface area contributed by atoms with Crippen molar-refractivity contribution >= 4 is 17.5 Å². The molecule has 24 heavy (non-hydrogen) atoms. The number of aromatic nitrogens is 2. The Morgan fingerprint density at radius 2 is 2.21 bits per heavy atom. The molecular weight excluding hydrogens is 324 g/mol. The van der Waals surface area contributed by atoms with Crippen LogP contribution >= 0.6 is 11.6 Å². The highest BCUT2D eigenvalue weighted by Gasteiger charge is 2.12. The minimum absolute atomic E-state index is 0.0357. The van der Waals surface area contributed by atoms with E-state index in [9.17, 15) is 4.79 Å². The molecule has 2 rings (SSSR count). The summed E-state index contributed by atoms with van der Waals surface area (Å²) in [6.45, 7) is 3.32. The number of nitrogens with zero attached hydrogens (tertiary/aromatic N) is 3. The summed E-state index contributed by atoms with van der Waals surface area (Å²) in [6.07, 6.45) is 6.42. The Hall–Kier alpha value is -1.98. The minimum Gasteiger partial charge on any atom is -0.352 e. The van der Waals surface area contributed by atoms with Gasteiger partial charge in [0.25, 0.3) is 0 Å². The molecule has 0 spiro atoms. The highest BCUT2D eigenvalue weighted by Crippen LogP contribution is 2.10. The second-order valence-corrected chi connectivity index (χ2v) is 6.32. The average molecular weight is 347 g/mol. The Morgan fingerprint density at radius 1 is 1.38 bits per heavy atom. The summed E-state index contributed by atoms with van der Waals surface area (Å²) in [5, 5.41) is 3.60. The van der Waals surface area contributed by atoms with Crippen LogP contribution in [0.1, 0.15) is 24.6 Å². The van der Waals surface area contributed by atoms with Crippen molar-refractivity contribution < 1.29 is 4.79 Å². The number of hydrogen-bond acceptors (Lipinski definition) is 4. The van der Waals surface area contributed by atoms with Crippen LogP contribution in [0.2, 0.25) is 5.02 Å². The number of nitrogens with one attached hydrogen (secondary N) is 1. The average Bonchev–Trinajstić information content (AvgIpc) is 2.58. The third-order valence-electron chi connectivity index (χ3n) is 3.94. The molecule has 6 heteroatoms. The van der Waals surface area contributed by atoms with Gasteiger partial charge in [-0.1, -0.05) is 23.7 Å². The number of carbonyl (C=O) groups is 1. The van der Waals surface area contributed by atoms with Gasteiger partial charge in [0.05, 0.1) is 5.69 Å². The third kappa shape index (κ3) is 6.26. The molecule has 0 fully saturated rings. The van der Waals surface area contributed by atoms with E-state index in [0.29, 0.717) is 30.6 Å². The molecule has 1 atom stereocenters. The molecule has 0 saturated carbocycles. The van der Waals surface area contributed by atoms with Gasteiger partial charge in [-0.15, -0.1) is 0 Å². The van der Waals surface area contributed by atoms with E-state index in [1.54, 1.807) is 18.6 Å². The van der Waals surface area contributed by atoms with E-state index in [-0.39, 0.29) is 5.91 Å². The van der Waals surface area contributed by atoms with Crippen molar-refractivity contribution in [3.63, 3.8) is 0 Å². The molecule has 1 unspecified atom stereocenters. The fourth-order valence-electron chi connectivity index (χ4n) is 2.33. The highest BCUT2D eigenvalue weighted by atomic mass is 35.5. The minimum atomic E-state index is 0.0357. The number of benzene rings is 1. The molecule has 1 heterocycles. The molecule has 0 aliphatic heterocycles. The van der Waals surface area contributed by atoms with Crippen molar-refractivity contribution in [2.45, 2.75) is 32.4 Å². The maximum atomic E-state index is 12.0. The molecule has 0 bridgehead atoms. The van der Waals surface area contributed by atoms with E-state index in [2.05, 4.69) is 27.1 Å². The predicted octanol–water partition coefficient (Wildman–Crippen LogP) is 2.70.